The maximum Gasteiger partial charge on any atom is 0.338 e. The summed E-state index contributed by atoms with van der Waals surface area (Å²) in [5.41, 5.74) is 0.532. The van der Waals surface area contributed by atoms with Gasteiger partial charge in [0.2, 0.25) is 10.0 Å². The van der Waals surface area contributed by atoms with Gasteiger partial charge in [-0.05, 0) is 49.4 Å². The van der Waals surface area contributed by atoms with Gasteiger partial charge in [-0.1, -0.05) is 18.2 Å². The van der Waals surface area contributed by atoms with Crippen LogP contribution in [0.4, 0.5) is 0 Å². The van der Waals surface area contributed by atoms with E-state index in [0.717, 1.165) is 17.7 Å². The number of hydrogen-bond acceptors (Lipinski definition) is 6. The number of hydrogen-bond donors (Lipinski definition) is 1. The van der Waals surface area contributed by atoms with Gasteiger partial charge in [0.1, 0.15) is 0 Å². The van der Waals surface area contributed by atoms with Crippen LogP contribution in [-0.4, -0.2) is 39.1 Å². The second kappa shape index (κ2) is 8.24. The molecule has 0 atom stereocenters. The van der Waals surface area contributed by atoms with Gasteiger partial charge in [-0.3, -0.25) is 4.79 Å². The number of ketones is 1. The van der Waals surface area contributed by atoms with E-state index in [9.17, 15) is 18.0 Å². The Morgan fingerprint density at radius 2 is 1.81 bits per heavy atom. The molecule has 0 aliphatic heterocycles. The molecule has 8 heteroatoms. The summed E-state index contributed by atoms with van der Waals surface area (Å²) in [5, 5.41) is 0. The third kappa shape index (κ3) is 5.18. The monoisotopic (exact) mass is 405 g/mol. The zero-order valence-corrected chi connectivity index (χ0v) is 16.3. The van der Waals surface area contributed by atoms with E-state index in [2.05, 4.69) is 4.72 Å². The minimum Gasteiger partial charge on any atom is -0.454 e. The Kier molecular flexibility index (Phi) is 5.98. The number of sulfonamides is 1. The Balaban J connectivity index is 1.63. The average molecular weight is 405 g/mol. The minimum atomic E-state index is -3.66. The van der Waals surface area contributed by atoms with Crippen molar-refractivity contribution in [2.24, 2.45) is 0 Å². The third-order valence-corrected chi connectivity index (χ3v) is 6.29. The Labute approximate surface area is 162 Å². The highest BCUT2D eigenvalue weighted by Gasteiger charge is 2.28. The van der Waals surface area contributed by atoms with Crippen molar-refractivity contribution >= 4 is 33.5 Å². The molecular formula is C19H19NO5S2. The van der Waals surface area contributed by atoms with Crippen molar-refractivity contribution in [3.8, 4) is 0 Å². The lowest BCUT2D eigenvalue weighted by Crippen LogP contribution is -2.26. The summed E-state index contributed by atoms with van der Waals surface area (Å²) >= 11 is 1.56. The number of rotatable bonds is 8. The first-order valence-corrected chi connectivity index (χ1v) is 11.1. The van der Waals surface area contributed by atoms with Gasteiger partial charge in [0, 0.05) is 16.5 Å². The van der Waals surface area contributed by atoms with Crippen molar-refractivity contribution in [3.63, 3.8) is 0 Å². The molecule has 1 fully saturated rings. The predicted molar refractivity (Wildman–Crippen MR) is 103 cm³/mol. The topological polar surface area (TPSA) is 89.5 Å². The summed E-state index contributed by atoms with van der Waals surface area (Å²) in [4.78, 5) is 25.4. The number of Topliss-reactive ketones (excluding diaryl/α,β-unsaturated/α-hetero) is 1. The lowest BCUT2D eigenvalue weighted by molar-refractivity contribution is 0.0474. The molecule has 0 radical (unpaired) electrons. The molecule has 1 aliphatic carbocycles. The van der Waals surface area contributed by atoms with E-state index < -0.39 is 22.6 Å². The number of benzene rings is 2. The van der Waals surface area contributed by atoms with Gasteiger partial charge in [-0.15, -0.1) is 11.8 Å². The van der Waals surface area contributed by atoms with Crippen LogP contribution >= 0.6 is 11.8 Å². The quantitative estimate of drug-likeness (QED) is 0.413. The van der Waals surface area contributed by atoms with Crippen LogP contribution in [0.15, 0.2) is 58.3 Å². The van der Waals surface area contributed by atoms with E-state index in [1.165, 1.54) is 24.3 Å². The largest absolute Gasteiger partial charge is 0.454 e. The van der Waals surface area contributed by atoms with Crippen molar-refractivity contribution in [2.75, 3.05) is 12.9 Å². The van der Waals surface area contributed by atoms with Gasteiger partial charge < -0.3 is 4.74 Å². The Hall–Kier alpha value is -2.16. The van der Waals surface area contributed by atoms with Gasteiger partial charge in [-0.25, -0.2) is 17.9 Å². The summed E-state index contributed by atoms with van der Waals surface area (Å²) < 4.78 is 32.1. The fourth-order valence-electron chi connectivity index (χ4n) is 2.35. The highest BCUT2D eigenvalue weighted by atomic mass is 32.2. The standard InChI is InChI=1S/C19H19NO5S2/c1-26-16-9-5-13(6-10-16)18(21)12-25-19(22)14-3-2-4-17(11-14)27(23,24)20-15-7-8-15/h2-6,9-11,15,20H,7-8,12H2,1H3. The molecule has 2 aromatic rings. The van der Waals surface area contributed by atoms with Crippen LogP contribution in [0.25, 0.3) is 0 Å². The summed E-state index contributed by atoms with van der Waals surface area (Å²) in [6, 6.07) is 12.6. The van der Waals surface area contributed by atoms with Crippen LogP contribution in [-0.2, 0) is 14.8 Å². The second-order valence-electron chi connectivity index (χ2n) is 6.15. The van der Waals surface area contributed by atoms with Crippen molar-refractivity contribution in [3.05, 3.63) is 59.7 Å². The van der Waals surface area contributed by atoms with E-state index in [0.29, 0.717) is 5.56 Å². The molecule has 6 nitrogen and oxygen atoms in total. The molecule has 0 saturated heterocycles. The van der Waals surface area contributed by atoms with Crippen LogP contribution in [0.2, 0.25) is 0 Å². The van der Waals surface area contributed by atoms with Gasteiger partial charge >= 0.3 is 5.97 Å². The first-order chi connectivity index (χ1) is 12.9. The van der Waals surface area contributed by atoms with E-state index in [1.807, 2.05) is 18.4 Å². The van der Waals surface area contributed by atoms with E-state index >= 15 is 0 Å². The normalized spacial score (nSPS) is 14.0. The van der Waals surface area contributed by atoms with Crippen LogP contribution in [0.5, 0.6) is 0 Å². The molecule has 2 aromatic carbocycles. The van der Waals surface area contributed by atoms with Gasteiger partial charge in [0.15, 0.2) is 12.4 Å². The van der Waals surface area contributed by atoms with E-state index in [4.69, 9.17) is 4.74 Å². The van der Waals surface area contributed by atoms with Crippen LogP contribution in [0.1, 0.15) is 33.6 Å². The van der Waals surface area contributed by atoms with E-state index in [-0.39, 0.29) is 22.3 Å². The van der Waals surface area contributed by atoms with E-state index in [1.54, 1.807) is 23.9 Å². The minimum absolute atomic E-state index is 0.00262. The van der Waals surface area contributed by atoms with Crippen LogP contribution < -0.4 is 4.72 Å². The fourth-order valence-corrected chi connectivity index (χ4v) is 4.11. The zero-order chi connectivity index (χ0) is 19.4. The molecule has 0 heterocycles. The molecule has 0 unspecified atom stereocenters. The van der Waals surface area contributed by atoms with Crippen LogP contribution in [0.3, 0.4) is 0 Å². The van der Waals surface area contributed by atoms with Crippen molar-refractivity contribution in [1.82, 2.24) is 4.72 Å². The van der Waals surface area contributed by atoms with Crippen molar-refractivity contribution in [2.45, 2.75) is 28.7 Å². The van der Waals surface area contributed by atoms with Gasteiger partial charge in [0.25, 0.3) is 0 Å². The second-order valence-corrected chi connectivity index (χ2v) is 8.74. The summed E-state index contributed by atoms with van der Waals surface area (Å²) in [6.45, 7) is -0.408. The first kappa shape index (κ1) is 19.6. The number of carbonyl (C=O) groups excluding carboxylic acids is 2. The first-order valence-electron chi connectivity index (χ1n) is 8.36. The molecule has 142 valence electrons. The lowest BCUT2D eigenvalue weighted by atomic mass is 10.1. The number of nitrogens with one attached hydrogen (secondary N) is 1. The number of esters is 1. The molecule has 1 aliphatic rings. The molecule has 0 aromatic heterocycles. The molecule has 0 spiro atoms. The number of carbonyl (C=O) groups is 2. The maximum atomic E-state index is 12.2. The SMILES string of the molecule is CSc1ccc(C(=O)COC(=O)c2cccc(S(=O)(=O)NC3CC3)c2)cc1. The number of ether oxygens (including phenoxy) is 1. The smallest absolute Gasteiger partial charge is 0.338 e. The average Bonchev–Trinajstić information content (AvgIpc) is 3.49. The summed E-state index contributed by atoms with van der Waals surface area (Å²) in [6.07, 6.45) is 3.58. The Bertz CT molecular complexity index is 950. The third-order valence-electron chi connectivity index (χ3n) is 4.03. The van der Waals surface area contributed by atoms with Crippen molar-refractivity contribution < 1.29 is 22.7 Å². The molecule has 27 heavy (non-hydrogen) atoms. The molecule has 1 N–H and O–H groups in total. The van der Waals surface area contributed by atoms with Gasteiger partial charge in [-0.2, -0.15) is 0 Å². The fraction of sp³-hybridized carbons (Fsp3) is 0.263. The van der Waals surface area contributed by atoms with Crippen LogP contribution in [0, 0.1) is 0 Å². The highest BCUT2D eigenvalue weighted by molar-refractivity contribution is 7.98. The Morgan fingerprint density at radius 1 is 1.11 bits per heavy atom. The summed E-state index contributed by atoms with van der Waals surface area (Å²) in [5.74, 6) is -1.07. The molecule has 3 rings (SSSR count). The Morgan fingerprint density at radius 3 is 2.44 bits per heavy atom. The lowest BCUT2D eigenvalue weighted by Gasteiger charge is -2.08. The predicted octanol–water partition coefficient (Wildman–Crippen LogP) is 2.89. The summed E-state index contributed by atoms with van der Waals surface area (Å²) in [7, 11) is -3.66. The van der Waals surface area contributed by atoms with Crippen molar-refractivity contribution in [1.29, 1.82) is 0 Å². The molecular weight excluding hydrogens is 386 g/mol. The molecule has 0 amide bonds. The highest BCUT2D eigenvalue weighted by Crippen LogP contribution is 2.22. The van der Waals surface area contributed by atoms with Gasteiger partial charge in [0.05, 0.1) is 10.5 Å². The molecule has 0 bridgehead atoms. The zero-order valence-electron chi connectivity index (χ0n) is 14.7. The number of thioether (sulfide) groups is 1. The maximum absolute atomic E-state index is 12.2. The molecule has 1 saturated carbocycles.